The molecule has 162 valence electrons. The number of aliphatic hydroxyl groups excluding tert-OH is 1. The van der Waals surface area contributed by atoms with E-state index in [0.717, 1.165) is 16.7 Å². The molecule has 0 saturated carbocycles. The van der Waals surface area contributed by atoms with E-state index in [-0.39, 0.29) is 12.5 Å². The van der Waals surface area contributed by atoms with Crippen LogP contribution in [0.25, 0.3) is 0 Å². The monoisotopic (exact) mass is 417 g/mol. The molecular weight excluding hydrogens is 386 g/mol. The molecule has 0 saturated heterocycles. The highest BCUT2D eigenvalue weighted by Gasteiger charge is 2.29. The zero-order valence-corrected chi connectivity index (χ0v) is 18.0. The van der Waals surface area contributed by atoms with Gasteiger partial charge in [-0.25, -0.2) is 0 Å². The third-order valence-corrected chi connectivity index (χ3v) is 5.67. The number of benzene rings is 3. The zero-order valence-electron chi connectivity index (χ0n) is 18.0. The van der Waals surface area contributed by atoms with Crippen LogP contribution >= 0.6 is 0 Å². The highest BCUT2D eigenvalue weighted by atomic mass is 16.4. The standard InChI is InChI=1S/C27H31NO3/c1-21(27(30)31)17-26(29)25(18-22-11-5-2-6-12-22)28(19-23-13-7-3-8-14-23)20-24-15-9-4-10-16-24/h2-16,21,25-26,29H,17-20H2,1H3,(H,30,31)/t21-,25+,26+/m1/s1. The normalized spacial score (nSPS) is 14.2. The SMILES string of the molecule is C[C@H](C[C@H](O)[C@H](Cc1ccccc1)N(Cc1ccccc1)Cc1ccccc1)C(=O)O. The molecule has 0 heterocycles. The van der Waals surface area contributed by atoms with Gasteiger partial charge in [-0.05, 0) is 29.5 Å². The summed E-state index contributed by atoms with van der Waals surface area (Å²) in [6, 6.07) is 30.3. The molecule has 2 N–H and O–H groups in total. The van der Waals surface area contributed by atoms with Gasteiger partial charge in [0, 0.05) is 19.1 Å². The second-order valence-corrected chi connectivity index (χ2v) is 8.18. The number of hydrogen-bond acceptors (Lipinski definition) is 3. The Balaban J connectivity index is 1.92. The third kappa shape index (κ3) is 7.06. The molecule has 3 aromatic rings. The summed E-state index contributed by atoms with van der Waals surface area (Å²) in [5.74, 6) is -1.49. The highest BCUT2D eigenvalue weighted by molar-refractivity contribution is 5.69. The van der Waals surface area contributed by atoms with Gasteiger partial charge in [0.15, 0.2) is 0 Å². The van der Waals surface area contributed by atoms with Crippen molar-refractivity contribution in [1.29, 1.82) is 0 Å². The van der Waals surface area contributed by atoms with E-state index in [9.17, 15) is 15.0 Å². The highest BCUT2D eigenvalue weighted by Crippen LogP contribution is 2.23. The van der Waals surface area contributed by atoms with Gasteiger partial charge >= 0.3 is 5.97 Å². The van der Waals surface area contributed by atoms with Crippen LogP contribution in [0, 0.1) is 5.92 Å². The summed E-state index contributed by atoms with van der Waals surface area (Å²) in [6.07, 6.45) is 0.0970. The topological polar surface area (TPSA) is 60.8 Å². The first-order chi connectivity index (χ1) is 15.0. The van der Waals surface area contributed by atoms with Crippen LogP contribution in [0.2, 0.25) is 0 Å². The lowest BCUT2D eigenvalue weighted by Gasteiger charge is -2.36. The number of aliphatic hydroxyl groups is 1. The Bertz CT molecular complexity index is 873. The molecule has 4 nitrogen and oxygen atoms in total. The van der Waals surface area contributed by atoms with Crippen LogP contribution in [0.5, 0.6) is 0 Å². The van der Waals surface area contributed by atoms with Crippen molar-refractivity contribution < 1.29 is 15.0 Å². The first kappa shape index (κ1) is 22.7. The number of carbonyl (C=O) groups is 1. The second-order valence-electron chi connectivity index (χ2n) is 8.18. The number of rotatable bonds is 11. The van der Waals surface area contributed by atoms with Crippen molar-refractivity contribution in [3.8, 4) is 0 Å². The van der Waals surface area contributed by atoms with Crippen molar-refractivity contribution in [3.05, 3.63) is 108 Å². The zero-order chi connectivity index (χ0) is 22.1. The molecule has 0 aliphatic rings. The van der Waals surface area contributed by atoms with E-state index in [1.807, 2.05) is 54.6 Å². The average molecular weight is 418 g/mol. The van der Waals surface area contributed by atoms with Gasteiger partial charge in [0.2, 0.25) is 0 Å². The number of carboxylic acid groups (broad SMARTS) is 1. The van der Waals surface area contributed by atoms with Gasteiger partial charge in [0.25, 0.3) is 0 Å². The van der Waals surface area contributed by atoms with E-state index in [1.54, 1.807) is 6.92 Å². The molecule has 3 rings (SSSR count). The summed E-state index contributed by atoms with van der Waals surface area (Å²) < 4.78 is 0. The van der Waals surface area contributed by atoms with Crippen LogP contribution in [-0.2, 0) is 24.3 Å². The minimum atomic E-state index is -0.879. The van der Waals surface area contributed by atoms with E-state index in [2.05, 4.69) is 41.3 Å². The Morgan fingerprint density at radius 3 is 1.61 bits per heavy atom. The number of aliphatic carboxylic acids is 1. The lowest BCUT2D eigenvalue weighted by Crippen LogP contribution is -2.45. The Labute approximate surface area is 184 Å². The molecule has 0 fully saturated rings. The molecule has 0 amide bonds. The predicted octanol–water partition coefficient (Wildman–Crippen LogP) is 4.77. The molecule has 3 aromatic carbocycles. The largest absolute Gasteiger partial charge is 0.481 e. The summed E-state index contributed by atoms with van der Waals surface area (Å²) in [5, 5.41) is 20.6. The number of hydrogen-bond donors (Lipinski definition) is 2. The summed E-state index contributed by atoms with van der Waals surface area (Å²) in [4.78, 5) is 13.7. The van der Waals surface area contributed by atoms with Crippen LogP contribution in [0.15, 0.2) is 91.0 Å². The molecule has 0 aromatic heterocycles. The number of nitrogens with zero attached hydrogens (tertiary/aromatic N) is 1. The maximum Gasteiger partial charge on any atom is 0.306 e. The third-order valence-electron chi connectivity index (χ3n) is 5.67. The Hall–Kier alpha value is -2.95. The van der Waals surface area contributed by atoms with Gasteiger partial charge in [0.1, 0.15) is 0 Å². The van der Waals surface area contributed by atoms with Crippen LogP contribution in [0.3, 0.4) is 0 Å². The summed E-state index contributed by atoms with van der Waals surface area (Å²) in [6.45, 7) is 3.00. The molecule has 0 aliphatic carbocycles. The molecule has 3 atom stereocenters. The quantitative estimate of drug-likeness (QED) is 0.472. The lowest BCUT2D eigenvalue weighted by molar-refractivity contribution is -0.142. The van der Waals surface area contributed by atoms with Gasteiger partial charge in [0.05, 0.1) is 12.0 Å². The fraction of sp³-hybridized carbons (Fsp3) is 0.296. The van der Waals surface area contributed by atoms with E-state index < -0.39 is 18.0 Å². The Morgan fingerprint density at radius 1 is 0.774 bits per heavy atom. The van der Waals surface area contributed by atoms with E-state index in [0.29, 0.717) is 19.5 Å². The van der Waals surface area contributed by atoms with E-state index in [1.165, 1.54) is 0 Å². The van der Waals surface area contributed by atoms with Gasteiger partial charge < -0.3 is 10.2 Å². The number of carboxylic acids is 1. The maximum absolute atomic E-state index is 11.4. The van der Waals surface area contributed by atoms with Gasteiger partial charge in [-0.1, -0.05) is 97.9 Å². The average Bonchev–Trinajstić information content (AvgIpc) is 2.79. The lowest BCUT2D eigenvalue weighted by atomic mass is 9.92. The van der Waals surface area contributed by atoms with Crippen molar-refractivity contribution in [1.82, 2.24) is 4.90 Å². The van der Waals surface area contributed by atoms with Crippen molar-refractivity contribution in [2.45, 2.75) is 45.0 Å². The van der Waals surface area contributed by atoms with Crippen LogP contribution in [-0.4, -0.2) is 33.2 Å². The molecule has 0 aliphatic heterocycles. The first-order valence-corrected chi connectivity index (χ1v) is 10.8. The van der Waals surface area contributed by atoms with Gasteiger partial charge in [-0.15, -0.1) is 0 Å². The molecule has 0 bridgehead atoms. The molecule has 0 radical (unpaired) electrons. The van der Waals surface area contributed by atoms with Crippen molar-refractivity contribution in [2.24, 2.45) is 5.92 Å². The second kappa shape index (κ2) is 11.4. The molecule has 4 heteroatoms. The van der Waals surface area contributed by atoms with Crippen LogP contribution in [0.1, 0.15) is 30.0 Å². The molecule has 0 spiro atoms. The smallest absolute Gasteiger partial charge is 0.306 e. The summed E-state index contributed by atoms with van der Waals surface area (Å²) in [5.41, 5.74) is 3.45. The van der Waals surface area contributed by atoms with Crippen molar-refractivity contribution >= 4 is 5.97 Å². The predicted molar refractivity (Wildman–Crippen MR) is 123 cm³/mol. The molecular formula is C27H31NO3. The summed E-state index contributed by atoms with van der Waals surface area (Å²) in [7, 11) is 0. The van der Waals surface area contributed by atoms with Crippen molar-refractivity contribution in [3.63, 3.8) is 0 Å². The van der Waals surface area contributed by atoms with Crippen LogP contribution < -0.4 is 0 Å². The minimum absolute atomic E-state index is 0.215. The van der Waals surface area contributed by atoms with E-state index in [4.69, 9.17) is 0 Å². The summed E-state index contributed by atoms with van der Waals surface area (Å²) >= 11 is 0. The van der Waals surface area contributed by atoms with Gasteiger partial charge in [-0.2, -0.15) is 0 Å². The maximum atomic E-state index is 11.4. The molecule has 0 unspecified atom stereocenters. The van der Waals surface area contributed by atoms with Gasteiger partial charge in [-0.3, -0.25) is 9.69 Å². The molecule has 31 heavy (non-hydrogen) atoms. The fourth-order valence-electron chi connectivity index (χ4n) is 3.91. The van der Waals surface area contributed by atoms with Crippen molar-refractivity contribution in [2.75, 3.05) is 0 Å². The Kier molecular flexibility index (Phi) is 8.39. The Morgan fingerprint density at radius 2 is 1.19 bits per heavy atom. The first-order valence-electron chi connectivity index (χ1n) is 10.8. The van der Waals surface area contributed by atoms with E-state index >= 15 is 0 Å². The van der Waals surface area contributed by atoms with Crippen LogP contribution in [0.4, 0.5) is 0 Å². The minimum Gasteiger partial charge on any atom is -0.481 e. The fourth-order valence-corrected chi connectivity index (χ4v) is 3.91.